The second-order valence-corrected chi connectivity index (χ2v) is 5.69. The van der Waals surface area contributed by atoms with Gasteiger partial charge in [0.1, 0.15) is 0 Å². The van der Waals surface area contributed by atoms with Gasteiger partial charge in [0.25, 0.3) is 0 Å². The molecule has 0 atom stereocenters. The van der Waals surface area contributed by atoms with E-state index in [1.54, 1.807) is 24.3 Å². The molecule has 3 rings (SSSR count). The highest BCUT2D eigenvalue weighted by Gasteiger charge is 2.10. The molecule has 2 nitrogen and oxygen atoms in total. The first kappa shape index (κ1) is 13.0. The highest BCUT2D eigenvalue weighted by Crippen LogP contribution is 2.29. The van der Waals surface area contributed by atoms with Gasteiger partial charge in [-0.25, -0.2) is 0 Å². The van der Waals surface area contributed by atoms with E-state index in [0.29, 0.717) is 19.8 Å². The van der Waals surface area contributed by atoms with E-state index in [1.165, 1.54) is 0 Å². The fourth-order valence-corrected chi connectivity index (χ4v) is 2.83. The summed E-state index contributed by atoms with van der Waals surface area (Å²) in [6, 6.07) is 10.8. The number of benzene rings is 2. The molecule has 1 heterocycles. The molecular formula is C13H7Cl3N2S. The molecule has 0 saturated heterocycles. The Morgan fingerprint density at radius 2 is 1.63 bits per heavy atom. The lowest BCUT2D eigenvalue weighted by atomic mass is 10.3. The number of hydrogen-bond donors (Lipinski definition) is 1. The number of hydrogen-bond acceptors (Lipinski definition) is 1. The van der Waals surface area contributed by atoms with Crippen molar-refractivity contribution in [2.75, 3.05) is 0 Å². The van der Waals surface area contributed by atoms with Crippen molar-refractivity contribution in [1.82, 2.24) is 9.55 Å². The molecule has 0 aliphatic heterocycles. The lowest BCUT2D eigenvalue weighted by molar-refractivity contribution is 1.07. The molecule has 0 unspecified atom stereocenters. The van der Waals surface area contributed by atoms with Crippen LogP contribution < -0.4 is 0 Å². The predicted molar refractivity (Wildman–Crippen MR) is 83.5 cm³/mol. The Labute approximate surface area is 129 Å². The van der Waals surface area contributed by atoms with E-state index < -0.39 is 0 Å². The Morgan fingerprint density at radius 3 is 2.42 bits per heavy atom. The van der Waals surface area contributed by atoms with Gasteiger partial charge in [0, 0.05) is 10.0 Å². The summed E-state index contributed by atoms with van der Waals surface area (Å²) in [5.74, 6) is 0. The minimum absolute atomic E-state index is 0.543. The Hall–Kier alpha value is -1.000. The summed E-state index contributed by atoms with van der Waals surface area (Å²) in [6.07, 6.45) is 0. The molecule has 1 aromatic heterocycles. The van der Waals surface area contributed by atoms with Crippen molar-refractivity contribution in [3.8, 4) is 5.69 Å². The molecule has 2 aromatic carbocycles. The SMILES string of the molecule is S=c1[nH]c2cc(Cl)ccc2n1-c1cc(Cl)ccc1Cl. The third-order valence-corrected chi connectivity index (χ3v) is 3.87. The van der Waals surface area contributed by atoms with Gasteiger partial charge < -0.3 is 4.98 Å². The van der Waals surface area contributed by atoms with Crippen molar-refractivity contribution >= 4 is 58.1 Å². The number of imidazole rings is 1. The number of fused-ring (bicyclic) bond motifs is 1. The average Bonchev–Trinajstić information content (AvgIpc) is 2.67. The standard InChI is InChI=1S/C13H7Cl3N2S/c14-7-2-4-11-10(5-7)17-13(19)18(11)12-6-8(15)1-3-9(12)16/h1-6H,(H,17,19). The smallest absolute Gasteiger partial charge is 0.182 e. The normalized spacial score (nSPS) is 11.1. The van der Waals surface area contributed by atoms with Crippen molar-refractivity contribution in [2.45, 2.75) is 0 Å². The molecule has 0 bridgehead atoms. The zero-order chi connectivity index (χ0) is 13.6. The Morgan fingerprint density at radius 1 is 0.947 bits per heavy atom. The van der Waals surface area contributed by atoms with Crippen molar-refractivity contribution in [1.29, 1.82) is 0 Å². The Balaban J connectivity index is 2.39. The van der Waals surface area contributed by atoms with Crippen LogP contribution in [-0.4, -0.2) is 9.55 Å². The maximum absolute atomic E-state index is 6.23. The largest absolute Gasteiger partial charge is 0.330 e. The third kappa shape index (κ3) is 2.28. The van der Waals surface area contributed by atoms with Crippen molar-refractivity contribution in [3.05, 3.63) is 56.2 Å². The Kier molecular flexibility index (Phi) is 3.31. The van der Waals surface area contributed by atoms with Gasteiger partial charge in [0.05, 0.1) is 21.7 Å². The number of nitrogens with one attached hydrogen (secondary N) is 1. The fourth-order valence-electron chi connectivity index (χ4n) is 1.98. The minimum atomic E-state index is 0.543. The number of aromatic amines is 1. The van der Waals surface area contributed by atoms with Crippen LogP contribution in [-0.2, 0) is 0 Å². The van der Waals surface area contributed by atoms with E-state index in [9.17, 15) is 0 Å². The maximum Gasteiger partial charge on any atom is 0.182 e. The second-order valence-electron chi connectivity index (χ2n) is 4.02. The van der Waals surface area contributed by atoms with Gasteiger partial charge in [-0.1, -0.05) is 34.8 Å². The van der Waals surface area contributed by atoms with Crippen LogP contribution in [0.2, 0.25) is 15.1 Å². The average molecular weight is 330 g/mol. The first-order valence-electron chi connectivity index (χ1n) is 5.42. The zero-order valence-corrected chi connectivity index (χ0v) is 12.5. The van der Waals surface area contributed by atoms with Crippen LogP contribution in [0.1, 0.15) is 0 Å². The lowest BCUT2D eigenvalue weighted by Gasteiger charge is -2.07. The fraction of sp³-hybridized carbons (Fsp3) is 0. The van der Waals surface area contributed by atoms with E-state index in [0.717, 1.165) is 16.7 Å². The number of rotatable bonds is 1. The predicted octanol–water partition coefficient (Wildman–Crippen LogP) is 5.65. The van der Waals surface area contributed by atoms with Crippen molar-refractivity contribution < 1.29 is 0 Å². The molecule has 1 N–H and O–H groups in total. The summed E-state index contributed by atoms with van der Waals surface area (Å²) in [6.45, 7) is 0. The van der Waals surface area contributed by atoms with Crippen LogP contribution in [0, 0.1) is 4.77 Å². The van der Waals surface area contributed by atoms with Gasteiger partial charge in [-0.2, -0.15) is 0 Å². The van der Waals surface area contributed by atoms with Crippen LogP contribution >= 0.6 is 47.0 Å². The van der Waals surface area contributed by atoms with Gasteiger partial charge in [-0.3, -0.25) is 4.57 Å². The summed E-state index contributed by atoms with van der Waals surface area (Å²) in [7, 11) is 0. The van der Waals surface area contributed by atoms with Crippen molar-refractivity contribution in [3.63, 3.8) is 0 Å². The highest BCUT2D eigenvalue weighted by molar-refractivity contribution is 7.71. The molecule has 96 valence electrons. The van der Waals surface area contributed by atoms with Crippen LogP contribution in [0.5, 0.6) is 0 Å². The molecule has 0 radical (unpaired) electrons. The third-order valence-electron chi connectivity index (χ3n) is 2.79. The molecule has 0 fully saturated rings. The van der Waals surface area contributed by atoms with E-state index in [2.05, 4.69) is 4.98 Å². The molecule has 0 aliphatic rings. The molecule has 0 saturated carbocycles. The lowest BCUT2D eigenvalue weighted by Crippen LogP contribution is -1.95. The van der Waals surface area contributed by atoms with Crippen molar-refractivity contribution in [2.24, 2.45) is 0 Å². The van der Waals surface area contributed by atoms with Crippen LogP contribution in [0.4, 0.5) is 0 Å². The summed E-state index contributed by atoms with van der Waals surface area (Å²) in [5, 5.41) is 1.83. The minimum Gasteiger partial charge on any atom is -0.330 e. The number of H-pyrrole nitrogens is 1. The molecule has 3 aromatic rings. The van der Waals surface area contributed by atoms with Gasteiger partial charge in [0.15, 0.2) is 4.77 Å². The Bertz CT molecular complexity index is 836. The van der Waals surface area contributed by atoms with E-state index in [1.807, 2.05) is 16.7 Å². The second kappa shape index (κ2) is 4.84. The monoisotopic (exact) mass is 328 g/mol. The van der Waals surface area contributed by atoms with E-state index in [-0.39, 0.29) is 0 Å². The molecule has 0 amide bonds. The summed E-state index contributed by atoms with van der Waals surface area (Å²) < 4.78 is 2.39. The van der Waals surface area contributed by atoms with E-state index >= 15 is 0 Å². The van der Waals surface area contributed by atoms with Gasteiger partial charge in [-0.05, 0) is 48.6 Å². The van der Waals surface area contributed by atoms with Crippen LogP contribution in [0.3, 0.4) is 0 Å². The van der Waals surface area contributed by atoms with Gasteiger partial charge >= 0.3 is 0 Å². The first-order chi connectivity index (χ1) is 9.06. The molecule has 0 spiro atoms. The maximum atomic E-state index is 6.23. The van der Waals surface area contributed by atoms with Crippen LogP contribution in [0.15, 0.2) is 36.4 Å². The molecular weight excluding hydrogens is 323 g/mol. The highest BCUT2D eigenvalue weighted by atomic mass is 35.5. The number of aromatic nitrogens is 2. The summed E-state index contributed by atoms with van der Waals surface area (Å²) in [5.41, 5.74) is 2.50. The zero-order valence-electron chi connectivity index (χ0n) is 9.45. The quantitative estimate of drug-likeness (QED) is 0.572. The first-order valence-corrected chi connectivity index (χ1v) is 6.96. The molecule has 0 aliphatic carbocycles. The van der Waals surface area contributed by atoms with Gasteiger partial charge in [0.2, 0.25) is 0 Å². The number of halogens is 3. The van der Waals surface area contributed by atoms with Crippen LogP contribution in [0.25, 0.3) is 16.7 Å². The summed E-state index contributed by atoms with van der Waals surface area (Å²) in [4.78, 5) is 3.10. The molecule has 6 heteroatoms. The number of nitrogens with zero attached hydrogens (tertiary/aromatic N) is 1. The van der Waals surface area contributed by atoms with Gasteiger partial charge in [-0.15, -0.1) is 0 Å². The summed E-state index contributed by atoms with van der Waals surface area (Å²) >= 11 is 23.6. The van der Waals surface area contributed by atoms with E-state index in [4.69, 9.17) is 47.0 Å². The topological polar surface area (TPSA) is 20.7 Å². The molecule has 19 heavy (non-hydrogen) atoms.